The largest absolute Gasteiger partial charge is 0.468 e. The molecule has 1 aliphatic rings. The number of sulfone groups is 1. The van der Waals surface area contributed by atoms with Crippen molar-refractivity contribution in [2.24, 2.45) is 0 Å². The molecule has 3 amide bonds. The lowest BCUT2D eigenvalue weighted by atomic mass is 10.1. The van der Waals surface area contributed by atoms with Gasteiger partial charge in [0.2, 0.25) is 5.91 Å². The fourth-order valence-corrected chi connectivity index (χ4v) is 4.38. The molecule has 170 valence electrons. The average molecular weight is 461 g/mol. The first-order chi connectivity index (χ1) is 15.1. The maximum atomic E-state index is 13.3. The molecule has 1 atom stereocenters. The lowest BCUT2D eigenvalue weighted by Gasteiger charge is -2.26. The molecule has 0 saturated heterocycles. The number of nitrogens with zero attached hydrogens (tertiary/aromatic N) is 1. The number of ether oxygens (including phenoxy) is 2. The number of nitrogens with one attached hydrogen (secondary N) is 1. The minimum absolute atomic E-state index is 0.0443. The molecule has 0 bridgehead atoms. The van der Waals surface area contributed by atoms with Crippen molar-refractivity contribution in [3.05, 3.63) is 59.2 Å². The Kier molecular flexibility index (Phi) is 6.95. The second-order valence-corrected chi connectivity index (χ2v) is 9.51. The molecule has 3 rings (SSSR count). The van der Waals surface area contributed by atoms with Crippen molar-refractivity contribution in [2.75, 3.05) is 30.7 Å². The van der Waals surface area contributed by atoms with E-state index in [1.54, 1.807) is 30.3 Å². The third-order valence-electron chi connectivity index (χ3n) is 4.81. The number of hydrogen-bond donors (Lipinski definition) is 1. The lowest BCUT2D eigenvalue weighted by Crippen LogP contribution is -2.37. The van der Waals surface area contributed by atoms with Crippen molar-refractivity contribution in [3.8, 4) is 5.75 Å². The van der Waals surface area contributed by atoms with Crippen molar-refractivity contribution in [1.82, 2.24) is 4.90 Å². The molecule has 2 aromatic carbocycles. The van der Waals surface area contributed by atoms with Gasteiger partial charge in [-0.05, 0) is 36.8 Å². The molecule has 0 unspecified atom stereocenters. The Labute approximate surface area is 186 Å². The number of benzene rings is 2. The average Bonchev–Trinajstić information content (AvgIpc) is 2.97. The van der Waals surface area contributed by atoms with Crippen LogP contribution >= 0.6 is 0 Å². The molecule has 0 aromatic heterocycles. The van der Waals surface area contributed by atoms with Crippen LogP contribution in [0.1, 0.15) is 46.2 Å². The molecule has 0 saturated carbocycles. The molecular weight excluding hydrogens is 436 g/mol. The van der Waals surface area contributed by atoms with Gasteiger partial charge in [0, 0.05) is 19.8 Å². The molecule has 9 nitrogen and oxygen atoms in total. The van der Waals surface area contributed by atoms with E-state index in [1.807, 2.05) is 6.92 Å². The Morgan fingerprint density at radius 2 is 1.78 bits per heavy atom. The highest BCUT2D eigenvalue weighted by Crippen LogP contribution is 2.36. The van der Waals surface area contributed by atoms with Crippen LogP contribution in [0.5, 0.6) is 5.75 Å². The highest BCUT2D eigenvalue weighted by molar-refractivity contribution is 7.90. The number of amides is 3. The zero-order chi connectivity index (χ0) is 23.5. The third-order valence-corrected chi connectivity index (χ3v) is 5.73. The number of rotatable bonds is 9. The summed E-state index contributed by atoms with van der Waals surface area (Å²) in [5, 5.41) is 2.55. The quantitative estimate of drug-likeness (QED) is 0.347. The van der Waals surface area contributed by atoms with Crippen LogP contribution in [-0.2, 0) is 19.4 Å². The Balaban J connectivity index is 1.98. The summed E-state index contributed by atoms with van der Waals surface area (Å²) >= 11 is 0. The van der Waals surface area contributed by atoms with E-state index < -0.39 is 39.4 Å². The summed E-state index contributed by atoms with van der Waals surface area (Å²) in [6, 6.07) is 9.94. The predicted octanol–water partition coefficient (Wildman–Crippen LogP) is 2.40. The Bertz CT molecular complexity index is 1140. The fraction of sp³-hybridized carbons (Fsp3) is 0.318. The summed E-state index contributed by atoms with van der Waals surface area (Å²) in [6.45, 7) is 3.68. The van der Waals surface area contributed by atoms with E-state index in [0.717, 1.165) is 11.2 Å². The van der Waals surface area contributed by atoms with Crippen molar-refractivity contribution >= 4 is 33.2 Å². The van der Waals surface area contributed by atoms with Gasteiger partial charge in [-0.3, -0.25) is 19.3 Å². The van der Waals surface area contributed by atoms with E-state index in [9.17, 15) is 22.8 Å². The molecule has 0 spiro atoms. The zero-order valence-corrected chi connectivity index (χ0v) is 18.8. The van der Waals surface area contributed by atoms with Crippen LogP contribution in [0, 0.1) is 0 Å². The van der Waals surface area contributed by atoms with Gasteiger partial charge in [0.25, 0.3) is 11.8 Å². The van der Waals surface area contributed by atoms with E-state index in [4.69, 9.17) is 9.47 Å². The van der Waals surface area contributed by atoms with Crippen molar-refractivity contribution in [2.45, 2.75) is 19.9 Å². The molecular formula is C22H24N2O7S. The molecule has 2 aromatic rings. The topological polar surface area (TPSA) is 119 Å². The summed E-state index contributed by atoms with van der Waals surface area (Å²) < 4.78 is 34.9. The first-order valence-corrected chi connectivity index (χ1v) is 11.9. The normalized spacial score (nSPS) is 14.3. The number of hydrogen-bond acceptors (Lipinski definition) is 7. The van der Waals surface area contributed by atoms with Gasteiger partial charge < -0.3 is 14.8 Å². The van der Waals surface area contributed by atoms with Gasteiger partial charge in [0.15, 0.2) is 6.79 Å². The summed E-state index contributed by atoms with van der Waals surface area (Å²) in [6.07, 6.45) is 1.04. The number of fused-ring (bicyclic) bond motifs is 1. The first-order valence-electron chi connectivity index (χ1n) is 9.89. The SMILES string of the molecule is CCOCOc1ccc([C@@H](CS(C)(=O)=O)N2C(=O)c3cccc(NC(C)=O)c3C2=O)cc1. The predicted molar refractivity (Wildman–Crippen MR) is 117 cm³/mol. The smallest absolute Gasteiger partial charge is 0.264 e. The second kappa shape index (κ2) is 9.49. The summed E-state index contributed by atoms with van der Waals surface area (Å²) in [5.74, 6) is -1.64. The molecule has 1 heterocycles. The maximum Gasteiger partial charge on any atom is 0.264 e. The van der Waals surface area contributed by atoms with Gasteiger partial charge in [-0.25, -0.2) is 8.42 Å². The van der Waals surface area contributed by atoms with Crippen molar-refractivity contribution < 1.29 is 32.3 Å². The minimum atomic E-state index is -3.57. The molecule has 0 fully saturated rings. The van der Waals surface area contributed by atoms with E-state index in [1.165, 1.54) is 19.1 Å². The molecule has 0 radical (unpaired) electrons. The van der Waals surface area contributed by atoms with Gasteiger partial charge >= 0.3 is 0 Å². The van der Waals surface area contributed by atoms with E-state index in [0.29, 0.717) is 17.9 Å². The highest BCUT2D eigenvalue weighted by atomic mass is 32.2. The van der Waals surface area contributed by atoms with Crippen LogP contribution in [0.25, 0.3) is 0 Å². The van der Waals surface area contributed by atoms with Crippen LogP contribution in [0.15, 0.2) is 42.5 Å². The molecule has 0 aliphatic carbocycles. The molecule has 32 heavy (non-hydrogen) atoms. The van der Waals surface area contributed by atoms with Crippen LogP contribution in [0.4, 0.5) is 5.69 Å². The summed E-state index contributed by atoms with van der Waals surface area (Å²) in [7, 11) is -3.57. The second-order valence-electron chi connectivity index (χ2n) is 7.32. The van der Waals surface area contributed by atoms with Crippen molar-refractivity contribution in [1.29, 1.82) is 0 Å². The van der Waals surface area contributed by atoms with Gasteiger partial charge in [-0.15, -0.1) is 0 Å². The third kappa shape index (κ3) is 5.14. The fourth-order valence-electron chi connectivity index (χ4n) is 3.47. The zero-order valence-electron chi connectivity index (χ0n) is 18.0. The molecule has 1 aliphatic heterocycles. The number of carbonyl (C=O) groups is 3. The van der Waals surface area contributed by atoms with Crippen LogP contribution in [0.2, 0.25) is 0 Å². The summed E-state index contributed by atoms with van der Waals surface area (Å²) in [5.41, 5.74) is 0.808. The number of anilines is 1. The summed E-state index contributed by atoms with van der Waals surface area (Å²) in [4.78, 5) is 38.9. The molecule has 1 N–H and O–H groups in total. The van der Waals surface area contributed by atoms with E-state index in [-0.39, 0.29) is 23.6 Å². The van der Waals surface area contributed by atoms with Gasteiger partial charge in [0.1, 0.15) is 15.6 Å². The van der Waals surface area contributed by atoms with Gasteiger partial charge in [-0.1, -0.05) is 18.2 Å². The monoisotopic (exact) mass is 460 g/mol. The van der Waals surface area contributed by atoms with Crippen LogP contribution in [-0.4, -0.2) is 56.4 Å². The number of imide groups is 1. The number of carbonyl (C=O) groups excluding carboxylic acids is 3. The van der Waals surface area contributed by atoms with Crippen molar-refractivity contribution in [3.63, 3.8) is 0 Å². The maximum absolute atomic E-state index is 13.3. The minimum Gasteiger partial charge on any atom is -0.468 e. The van der Waals surface area contributed by atoms with Crippen LogP contribution < -0.4 is 10.1 Å². The Morgan fingerprint density at radius 1 is 1.09 bits per heavy atom. The Morgan fingerprint density at radius 3 is 2.38 bits per heavy atom. The van der Waals surface area contributed by atoms with Gasteiger partial charge in [0.05, 0.1) is 28.6 Å². The Hall–Kier alpha value is -3.24. The first kappa shape index (κ1) is 23.4. The van der Waals surface area contributed by atoms with Gasteiger partial charge in [-0.2, -0.15) is 0 Å². The lowest BCUT2D eigenvalue weighted by molar-refractivity contribution is -0.114. The van der Waals surface area contributed by atoms with E-state index in [2.05, 4.69) is 5.32 Å². The standard InChI is InChI=1S/C22H24N2O7S/c1-4-30-13-31-16-10-8-15(9-11-16)19(12-32(3,28)29)24-21(26)17-6-5-7-18(23-14(2)25)20(17)22(24)27/h5-11,19H,4,12-13H2,1-3H3,(H,23,25)/t19-/m1/s1. The van der Waals surface area contributed by atoms with E-state index >= 15 is 0 Å². The molecule has 10 heteroatoms. The highest BCUT2D eigenvalue weighted by Gasteiger charge is 2.43. The van der Waals surface area contributed by atoms with Crippen LogP contribution in [0.3, 0.4) is 0 Å².